The minimum absolute atomic E-state index is 0.0645. The molecule has 1 aliphatic heterocycles. The summed E-state index contributed by atoms with van der Waals surface area (Å²) in [5, 5.41) is 0. The van der Waals surface area contributed by atoms with Crippen LogP contribution in [-0.4, -0.2) is 33.9 Å². The van der Waals surface area contributed by atoms with Crippen LogP contribution in [0.3, 0.4) is 0 Å². The van der Waals surface area contributed by atoms with Crippen LogP contribution in [0.2, 0.25) is 0 Å². The summed E-state index contributed by atoms with van der Waals surface area (Å²) in [7, 11) is 0. The Balaban J connectivity index is 1.44. The zero-order chi connectivity index (χ0) is 20.1. The van der Waals surface area contributed by atoms with Crippen LogP contribution < -0.4 is 4.74 Å². The van der Waals surface area contributed by atoms with Gasteiger partial charge in [-0.2, -0.15) is 0 Å². The molecule has 1 aromatic carbocycles. The fourth-order valence-corrected chi connectivity index (χ4v) is 3.54. The lowest BCUT2D eigenvalue weighted by Crippen LogP contribution is -2.41. The van der Waals surface area contributed by atoms with E-state index >= 15 is 0 Å². The van der Waals surface area contributed by atoms with Gasteiger partial charge >= 0.3 is 0 Å². The number of nitrogens with zero attached hydrogens (tertiary/aromatic N) is 3. The van der Waals surface area contributed by atoms with Crippen LogP contribution in [-0.2, 0) is 11.2 Å². The number of carbonyl (C=O) groups is 1. The molecule has 1 fully saturated rings. The van der Waals surface area contributed by atoms with E-state index in [1.54, 1.807) is 53.8 Å². The second kappa shape index (κ2) is 8.86. The van der Waals surface area contributed by atoms with Gasteiger partial charge in [0.1, 0.15) is 23.4 Å². The zero-order valence-electron chi connectivity index (χ0n) is 16.0. The van der Waals surface area contributed by atoms with E-state index in [0.29, 0.717) is 35.9 Å². The Hall–Kier alpha value is -3.22. The van der Waals surface area contributed by atoms with Crippen LogP contribution in [0.5, 0.6) is 5.75 Å². The smallest absolute Gasteiger partial charge is 0.261 e. The molecule has 1 amide bonds. The third kappa shape index (κ3) is 4.62. The number of ether oxygens (including phenoxy) is 1. The van der Waals surface area contributed by atoms with Gasteiger partial charge in [-0.3, -0.25) is 9.78 Å². The summed E-state index contributed by atoms with van der Waals surface area (Å²) in [5.74, 6) is 1.23. The summed E-state index contributed by atoms with van der Waals surface area (Å²) in [6.45, 7) is 0.565. The lowest BCUT2D eigenvalue weighted by molar-refractivity contribution is -0.137. The number of halogens is 1. The predicted octanol–water partition coefficient (Wildman–Crippen LogP) is 3.93. The third-order valence-electron chi connectivity index (χ3n) is 5.00. The van der Waals surface area contributed by atoms with Crippen molar-refractivity contribution >= 4 is 5.91 Å². The Kier molecular flexibility index (Phi) is 5.84. The average molecular weight is 395 g/mol. The molecular formula is C22H22FN3O3. The van der Waals surface area contributed by atoms with E-state index in [1.165, 1.54) is 6.07 Å². The highest BCUT2D eigenvalue weighted by Crippen LogP contribution is 2.31. The van der Waals surface area contributed by atoms with Crippen molar-refractivity contribution in [3.63, 3.8) is 0 Å². The number of carbonyl (C=O) groups excluding carboxylic acids is 1. The fourth-order valence-electron chi connectivity index (χ4n) is 3.54. The number of hydrogen-bond donors (Lipinski definition) is 0. The Morgan fingerprint density at radius 3 is 2.93 bits per heavy atom. The maximum atomic E-state index is 13.9. The van der Waals surface area contributed by atoms with Crippen molar-refractivity contribution in [1.82, 2.24) is 14.9 Å². The van der Waals surface area contributed by atoms with Gasteiger partial charge in [-0.15, -0.1) is 0 Å². The van der Waals surface area contributed by atoms with Crippen LogP contribution in [0.4, 0.5) is 4.39 Å². The first-order valence-corrected chi connectivity index (χ1v) is 9.71. The van der Waals surface area contributed by atoms with Gasteiger partial charge in [-0.1, -0.05) is 18.2 Å². The normalized spacial score (nSPS) is 16.6. The van der Waals surface area contributed by atoms with E-state index in [2.05, 4.69) is 9.97 Å². The second-order valence-corrected chi connectivity index (χ2v) is 7.01. The molecule has 0 radical (unpaired) electrons. The lowest BCUT2D eigenvalue weighted by atomic mass is 10.0. The van der Waals surface area contributed by atoms with Gasteiger partial charge in [-0.05, 0) is 43.0 Å². The molecule has 2 aromatic heterocycles. The molecule has 0 N–H and O–H groups in total. The molecule has 1 saturated heterocycles. The Bertz CT molecular complexity index is 961. The van der Waals surface area contributed by atoms with Gasteiger partial charge in [0, 0.05) is 19.2 Å². The number of aromatic nitrogens is 2. The molecule has 6 nitrogen and oxygen atoms in total. The van der Waals surface area contributed by atoms with E-state index in [-0.39, 0.29) is 24.4 Å². The van der Waals surface area contributed by atoms with Crippen LogP contribution in [0, 0.1) is 5.82 Å². The molecule has 29 heavy (non-hydrogen) atoms. The Morgan fingerprint density at radius 2 is 2.10 bits per heavy atom. The van der Waals surface area contributed by atoms with Crippen molar-refractivity contribution in [1.29, 1.82) is 0 Å². The largest absolute Gasteiger partial charge is 0.482 e. The highest BCUT2D eigenvalue weighted by Gasteiger charge is 2.31. The van der Waals surface area contributed by atoms with Crippen LogP contribution in [0.1, 0.15) is 42.5 Å². The third-order valence-corrected chi connectivity index (χ3v) is 5.00. The van der Waals surface area contributed by atoms with Crippen LogP contribution in [0.25, 0.3) is 0 Å². The predicted molar refractivity (Wildman–Crippen MR) is 104 cm³/mol. The minimum Gasteiger partial charge on any atom is -0.482 e. The standard InChI is InChI=1S/C22H22FN3O3/c23-19-8-2-1-6-16(19)12-18-14-25-22(29-18)20-9-3-4-11-26(20)21(27)15-28-17-7-5-10-24-13-17/h1-2,5-8,10,13-14,20H,3-4,9,11-12,15H2/t20-/m1/s1. The summed E-state index contributed by atoms with van der Waals surface area (Å²) >= 11 is 0. The molecule has 0 unspecified atom stereocenters. The van der Waals surface area contributed by atoms with E-state index in [1.807, 2.05) is 0 Å². The summed E-state index contributed by atoms with van der Waals surface area (Å²) in [4.78, 5) is 22.9. The molecule has 0 aliphatic carbocycles. The number of likely N-dealkylation sites (tertiary alicyclic amines) is 1. The first-order chi connectivity index (χ1) is 14.2. The van der Waals surface area contributed by atoms with E-state index in [4.69, 9.17) is 9.15 Å². The van der Waals surface area contributed by atoms with Crippen molar-refractivity contribution in [3.8, 4) is 5.75 Å². The highest BCUT2D eigenvalue weighted by atomic mass is 19.1. The lowest BCUT2D eigenvalue weighted by Gasteiger charge is -2.33. The van der Waals surface area contributed by atoms with Crippen molar-refractivity contribution in [2.24, 2.45) is 0 Å². The topological polar surface area (TPSA) is 68.5 Å². The molecule has 150 valence electrons. The van der Waals surface area contributed by atoms with Crippen molar-refractivity contribution in [2.45, 2.75) is 31.7 Å². The molecule has 0 spiro atoms. The number of amides is 1. The first-order valence-electron chi connectivity index (χ1n) is 9.71. The monoisotopic (exact) mass is 395 g/mol. The second-order valence-electron chi connectivity index (χ2n) is 7.01. The summed E-state index contributed by atoms with van der Waals surface area (Å²) in [6, 6.07) is 9.89. The summed E-state index contributed by atoms with van der Waals surface area (Å²) < 4.78 is 25.4. The molecule has 1 aliphatic rings. The van der Waals surface area contributed by atoms with E-state index < -0.39 is 0 Å². The average Bonchev–Trinajstić information content (AvgIpc) is 3.23. The van der Waals surface area contributed by atoms with Gasteiger partial charge in [0.2, 0.25) is 5.89 Å². The van der Waals surface area contributed by atoms with E-state index in [9.17, 15) is 9.18 Å². The number of hydrogen-bond acceptors (Lipinski definition) is 5. The van der Waals surface area contributed by atoms with Gasteiger partial charge in [0.25, 0.3) is 5.91 Å². The maximum absolute atomic E-state index is 13.9. The number of benzene rings is 1. The maximum Gasteiger partial charge on any atom is 0.261 e. The van der Waals surface area contributed by atoms with Crippen molar-refractivity contribution in [2.75, 3.05) is 13.2 Å². The Labute approximate surface area is 168 Å². The zero-order valence-corrected chi connectivity index (χ0v) is 16.0. The van der Waals surface area contributed by atoms with Gasteiger partial charge in [0.05, 0.1) is 12.4 Å². The number of rotatable bonds is 6. The van der Waals surface area contributed by atoms with Gasteiger partial charge < -0.3 is 14.1 Å². The molecule has 7 heteroatoms. The quantitative estimate of drug-likeness (QED) is 0.633. The van der Waals surface area contributed by atoms with Crippen LogP contribution in [0.15, 0.2) is 59.4 Å². The van der Waals surface area contributed by atoms with Crippen LogP contribution >= 0.6 is 0 Å². The molecule has 0 bridgehead atoms. The highest BCUT2D eigenvalue weighted by molar-refractivity contribution is 5.78. The molecular weight excluding hydrogens is 373 g/mol. The Morgan fingerprint density at radius 1 is 1.21 bits per heavy atom. The van der Waals surface area contributed by atoms with E-state index in [0.717, 1.165) is 19.3 Å². The number of piperidine rings is 1. The SMILES string of the molecule is O=C(COc1cccnc1)N1CCCC[C@@H]1c1ncc(Cc2ccccc2F)o1. The molecule has 1 atom stereocenters. The molecule has 3 aromatic rings. The van der Waals surface area contributed by atoms with Crippen molar-refractivity contribution < 1.29 is 18.3 Å². The summed E-state index contributed by atoms with van der Waals surface area (Å²) in [6.07, 6.45) is 7.86. The molecule has 4 rings (SSSR count). The number of oxazole rings is 1. The minimum atomic E-state index is -0.271. The fraction of sp³-hybridized carbons (Fsp3) is 0.318. The summed E-state index contributed by atoms with van der Waals surface area (Å²) in [5.41, 5.74) is 0.552. The van der Waals surface area contributed by atoms with Gasteiger partial charge in [0.15, 0.2) is 6.61 Å². The van der Waals surface area contributed by atoms with Crippen molar-refractivity contribution in [3.05, 3.63) is 78.0 Å². The molecule has 0 saturated carbocycles. The first kappa shape index (κ1) is 19.1. The number of pyridine rings is 1. The van der Waals surface area contributed by atoms with Gasteiger partial charge in [-0.25, -0.2) is 9.37 Å². The molecule has 3 heterocycles.